The number of halogens is 1. The second-order valence-electron chi connectivity index (χ2n) is 6.10. The molecule has 3 N–H and O–H groups in total. The molecule has 0 unspecified atom stereocenters. The van der Waals surface area contributed by atoms with E-state index in [-0.39, 0.29) is 26.9 Å². The summed E-state index contributed by atoms with van der Waals surface area (Å²) in [5.74, 6) is -0.800. The monoisotopic (exact) mass is 460 g/mol. The number of ether oxygens (including phenoxy) is 1. The van der Waals surface area contributed by atoms with E-state index in [2.05, 4.69) is 20.6 Å². The number of nitrogens with one attached hydrogen (secondary N) is 3. The van der Waals surface area contributed by atoms with E-state index in [0.29, 0.717) is 5.75 Å². The fourth-order valence-electron chi connectivity index (χ4n) is 2.47. The lowest BCUT2D eigenvalue weighted by Gasteiger charge is -2.12. The van der Waals surface area contributed by atoms with E-state index in [9.17, 15) is 18.0 Å². The largest absolute Gasteiger partial charge is 0.497 e. The van der Waals surface area contributed by atoms with Crippen molar-refractivity contribution in [1.29, 1.82) is 0 Å². The molecule has 3 rings (SSSR count). The van der Waals surface area contributed by atoms with Gasteiger partial charge in [0.1, 0.15) is 16.3 Å². The number of sulfonamides is 1. The molecule has 2 amide bonds. The number of amides is 2. The van der Waals surface area contributed by atoms with Gasteiger partial charge in [-0.05, 0) is 54.6 Å². The number of nitrogens with zero attached hydrogens (tertiary/aromatic N) is 1. The summed E-state index contributed by atoms with van der Waals surface area (Å²) in [6.45, 7) is 0. The Hall–Kier alpha value is -3.63. The zero-order valence-electron chi connectivity index (χ0n) is 16.1. The van der Waals surface area contributed by atoms with Crippen LogP contribution in [0, 0.1) is 0 Å². The summed E-state index contributed by atoms with van der Waals surface area (Å²) in [5, 5.41) is -0.0740. The van der Waals surface area contributed by atoms with Crippen LogP contribution in [0.1, 0.15) is 20.8 Å². The Morgan fingerprint density at radius 1 is 0.968 bits per heavy atom. The highest BCUT2D eigenvalue weighted by molar-refractivity contribution is 7.92. The first kappa shape index (κ1) is 22.1. The van der Waals surface area contributed by atoms with Crippen molar-refractivity contribution in [3.8, 4) is 5.75 Å². The summed E-state index contributed by atoms with van der Waals surface area (Å²) < 4.78 is 33.0. The Balaban J connectivity index is 1.75. The van der Waals surface area contributed by atoms with E-state index in [4.69, 9.17) is 16.3 Å². The minimum Gasteiger partial charge on any atom is -0.497 e. The third kappa shape index (κ3) is 5.50. The zero-order valence-corrected chi connectivity index (χ0v) is 17.7. The average Bonchev–Trinajstić information content (AvgIpc) is 2.78. The third-order valence-electron chi connectivity index (χ3n) is 4.01. The van der Waals surface area contributed by atoms with Gasteiger partial charge in [0.05, 0.1) is 12.1 Å². The van der Waals surface area contributed by atoms with Crippen LogP contribution in [-0.2, 0) is 10.0 Å². The fraction of sp³-hybridized carbons (Fsp3) is 0.0500. The summed E-state index contributed by atoms with van der Waals surface area (Å²) >= 11 is 6.06. The van der Waals surface area contributed by atoms with Crippen molar-refractivity contribution in [2.45, 2.75) is 4.90 Å². The molecule has 0 atom stereocenters. The first-order valence-electron chi connectivity index (χ1n) is 8.78. The smallest absolute Gasteiger partial charge is 0.288 e. The van der Waals surface area contributed by atoms with Crippen LogP contribution >= 0.6 is 11.6 Å². The van der Waals surface area contributed by atoms with Crippen LogP contribution in [0.15, 0.2) is 71.8 Å². The minimum atomic E-state index is -4.09. The van der Waals surface area contributed by atoms with Crippen LogP contribution in [-0.4, -0.2) is 32.3 Å². The van der Waals surface area contributed by atoms with Gasteiger partial charge in [0.2, 0.25) is 0 Å². The quantitative estimate of drug-likeness (QED) is 0.485. The Bertz CT molecular complexity index is 1200. The van der Waals surface area contributed by atoms with E-state index < -0.39 is 21.8 Å². The maximum Gasteiger partial charge on any atom is 0.288 e. The van der Waals surface area contributed by atoms with Gasteiger partial charge in [-0.25, -0.2) is 8.42 Å². The van der Waals surface area contributed by atoms with Gasteiger partial charge in [0, 0.05) is 17.4 Å². The molecule has 0 saturated carbocycles. The van der Waals surface area contributed by atoms with Gasteiger partial charge in [-0.1, -0.05) is 17.7 Å². The highest BCUT2D eigenvalue weighted by Crippen LogP contribution is 2.26. The number of hydrogen-bond donors (Lipinski definition) is 3. The summed E-state index contributed by atoms with van der Waals surface area (Å²) in [7, 11) is -2.60. The molecule has 11 heteroatoms. The molecule has 0 aliphatic carbocycles. The highest BCUT2D eigenvalue weighted by Gasteiger charge is 2.21. The number of carbonyl (C=O) groups excluding carboxylic acids is 2. The number of aromatic nitrogens is 1. The Kier molecular flexibility index (Phi) is 6.73. The van der Waals surface area contributed by atoms with Gasteiger partial charge in [0.25, 0.3) is 21.8 Å². The molecule has 1 heterocycles. The van der Waals surface area contributed by atoms with E-state index in [0.717, 1.165) is 6.07 Å². The molecule has 160 valence electrons. The summed E-state index contributed by atoms with van der Waals surface area (Å²) in [5.41, 5.74) is 4.78. The molecule has 0 aliphatic rings. The van der Waals surface area contributed by atoms with E-state index in [1.807, 2.05) is 0 Å². The van der Waals surface area contributed by atoms with Crippen LogP contribution in [0.4, 0.5) is 5.69 Å². The van der Waals surface area contributed by atoms with Crippen molar-refractivity contribution in [2.75, 3.05) is 11.8 Å². The number of carbonyl (C=O) groups is 2. The maximum absolute atomic E-state index is 12.8. The molecule has 2 aromatic carbocycles. The molecule has 9 nitrogen and oxygen atoms in total. The predicted octanol–water partition coefficient (Wildman–Crippen LogP) is 2.62. The molecule has 3 aromatic rings. The number of anilines is 1. The first-order chi connectivity index (χ1) is 14.8. The number of benzene rings is 2. The maximum atomic E-state index is 12.8. The Labute approximate surface area is 183 Å². The molecule has 0 spiro atoms. The predicted molar refractivity (Wildman–Crippen MR) is 114 cm³/mol. The van der Waals surface area contributed by atoms with Crippen LogP contribution < -0.4 is 20.3 Å². The van der Waals surface area contributed by atoms with E-state index in [1.165, 1.54) is 43.6 Å². The van der Waals surface area contributed by atoms with Crippen molar-refractivity contribution in [3.63, 3.8) is 0 Å². The lowest BCUT2D eigenvalue weighted by molar-refractivity contribution is 0.0844. The first-order valence-corrected chi connectivity index (χ1v) is 10.6. The molecule has 1 aromatic heterocycles. The van der Waals surface area contributed by atoms with Crippen molar-refractivity contribution >= 4 is 39.1 Å². The van der Waals surface area contributed by atoms with Crippen LogP contribution in [0.3, 0.4) is 0 Å². The van der Waals surface area contributed by atoms with Crippen molar-refractivity contribution in [3.05, 3.63) is 83.1 Å². The van der Waals surface area contributed by atoms with Crippen molar-refractivity contribution in [1.82, 2.24) is 15.8 Å². The average molecular weight is 461 g/mol. The molecular formula is C20H17ClN4O5S. The summed E-state index contributed by atoms with van der Waals surface area (Å²) in [6, 6.07) is 14.7. The van der Waals surface area contributed by atoms with Crippen molar-refractivity contribution < 1.29 is 22.7 Å². The number of pyridine rings is 1. The Morgan fingerprint density at radius 3 is 2.32 bits per heavy atom. The third-order valence-corrected chi connectivity index (χ3v) is 5.88. The second-order valence-corrected chi connectivity index (χ2v) is 8.16. The summed E-state index contributed by atoms with van der Waals surface area (Å²) in [4.78, 5) is 27.9. The fourth-order valence-corrected chi connectivity index (χ4v) is 4.05. The number of rotatable bonds is 6. The standard InChI is InChI=1S/C20H17ClN4O5S/c1-30-15-8-6-14(7-9-15)25-31(28,29)18-12-13(5-10-16(18)21)19(26)23-24-20(27)17-4-2-3-11-22-17/h2-12,25H,1H3,(H,23,26)(H,24,27). The molecule has 0 fully saturated rings. The molecule has 0 bridgehead atoms. The normalized spacial score (nSPS) is 10.8. The van der Waals surface area contributed by atoms with Gasteiger partial charge in [0.15, 0.2) is 0 Å². The lowest BCUT2D eigenvalue weighted by atomic mass is 10.2. The van der Waals surface area contributed by atoms with Gasteiger partial charge in [-0.3, -0.25) is 30.1 Å². The van der Waals surface area contributed by atoms with Crippen molar-refractivity contribution in [2.24, 2.45) is 0 Å². The van der Waals surface area contributed by atoms with Gasteiger partial charge >= 0.3 is 0 Å². The molecule has 0 radical (unpaired) electrons. The molecular weight excluding hydrogens is 444 g/mol. The van der Waals surface area contributed by atoms with Crippen LogP contribution in [0.2, 0.25) is 5.02 Å². The van der Waals surface area contributed by atoms with Crippen LogP contribution in [0.25, 0.3) is 0 Å². The topological polar surface area (TPSA) is 126 Å². The van der Waals surface area contributed by atoms with Gasteiger partial charge in [-0.2, -0.15) is 0 Å². The van der Waals surface area contributed by atoms with E-state index in [1.54, 1.807) is 24.3 Å². The number of methoxy groups -OCH3 is 1. The highest BCUT2D eigenvalue weighted by atomic mass is 35.5. The van der Waals surface area contributed by atoms with Gasteiger partial charge < -0.3 is 4.74 Å². The summed E-state index contributed by atoms with van der Waals surface area (Å²) in [6.07, 6.45) is 1.43. The lowest BCUT2D eigenvalue weighted by Crippen LogP contribution is -2.42. The number of hydrogen-bond acceptors (Lipinski definition) is 6. The minimum absolute atomic E-state index is 0.0270. The van der Waals surface area contributed by atoms with E-state index >= 15 is 0 Å². The number of hydrazine groups is 1. The molecule has 31 heavy (non-hydrogen) atoms. The second kappa shape index (κ2) is 9.45. The molecule has 0 saturated heterocycles. The van der Waals surface area contributed by atoms with Gasteiger partial charge in [-0.15, -0.1) is 0 Å². The molecule has 0 aliphatic heterocycles. The SMILES string of the molecule is COc1ccc(NS(=O)(=O)c2cc(C(=O)NNC(=O)c3ccccn3)ccc2Cl)cc1. The zero-order chi connectivity index (χ0) is 22.4. The Morgan fingerprint density at radius 2 is 1.68 bits per heavy atom. The van der Waals surface area contributed by atoms with Crippen LogP contribution in [0.5, 0.6) is 5.75 Å².